The molecule has 0 spiro atoms. The number of para-hydroxylation sites is 1. The zero-order valence-corrected chi connectivity index (χ0v) is 38.2. The van der Waals surface area contributed by atoms with Crippen LogP contribution < -0.4 is 31.0 Å². The number of benzene rings is 5. The number of sulfonamides is 1. The number of carbonyl (C=O) groups excluding carboxylic acids is 1. The number of hydrogen-bond donors (Lipinski definition) is 3. The van der Waals surface area contributed by atoms with E-state index in [4.69, 9.17) is 30.4 Å². The van der Waals surface area contributed by atoms with Crippen molar-refractivity contribution < 1.29 is 40.6 Å². The van der Waals surface area contributed by atoms with Crippen LogP contribution in [-0.4, -0.2) is 86.2 Å². The van der Waals surface area contributed by atoms with Crippen LogP contribution in [0.2, 0.25) is 0 Å². The number of nitrogens with zero attached hydrogens (tertiary/aromatic N) is 5. The molecule has 5 aromatic carbocycles. The smallest absolute Gasteiger partial charge is 0.407 e. The first-order chi connectivity index (χ1) is 30.3. The minimum atomic E-state index is -4.94. The number of rotatable bonds is 17. The van der Waals surface area contributed by atoms with E-state index in [0.29, 0.717) is 33.9 Å². The summed E-state index contributed by atoms with van der Waals surface area (Å²) in [6.07, 6.45) is -0.848. The molecule has 1 heterocycles. The molecule has 6 aromatic rings. The van der Waals surface area contributed by atoms with Gasteiger partial charge in [0.1, 0.15) is 27.7 Å². The lowest BCUT2D eigenvalue weighted by Crippen LogP contribution is -2.41. The van der Waals surface area contributed by atoms with E-state index >= 15 is 8.42 Å². The van der Waals surface area contributed by atoms with Gasteiger partial charge in [0, 0.05) is 24.7 Å². The highest BCUT2D eigenvalue weighted by Gasteiger charge is 2.39. The van der Waals surface area contributed by atoms with Gasteiger partial charge >= 0.3 is 6.09 Å². The SMILES string of the molecule is COc1ccc(CN(Cc2ccc(OC)cc2)S(=O)(=O)c2c(S(=O)(=O)C[C@H](C)NC(=O)OC(C)(C)C)ccc(-c3cccc(N)c3N)c2-c2nnn(Cc3ccc(OC)cc3)n2)cc1. The Hall–Kier alpha value is -6.70. The molecule has 64 heavy (non-hydrogen) atoms. The van der Waals surface area contributed by atoms with Gasteiger partial charge in [0.2, 0.25) is 15.8 Å². The topological polar surface area (TPSA) is 233 Å². The molecule has 0 saturated heterocycles. The van der Waals surface area contributed by atoms with Crippen LogP contribution in [0, 0.1) is 0 Å². The maximum absolute atomic E-state index is 15.9. The van der Waals surface area contributed by atoms with Gasteiger partial charge in [-0.1, -0.05) is 54.6 Å². The molecule has 6 rings (SSSR count). The molecule has 17 nitrogen and oxygen atoms in total. The van der Waals surface area contributed by atoms with Crippen molar-refractivity contribution in [3.05, 3.63) is 120 Å². The third-order valence-corrected chi connectivity index (χ3v) is 13.9. The predicted octanol–water partition coefficient (Wildman–Crippen LogP) is 6.32. The van der Waals surface area contributed by atoms with E-state index in [1.807, 2.05) is 12.1 Å². The fourth-order valence-corrected chi connectivity index (χ4v) is 10.8. The molecular formula is C45H52N8O9S2. The number of sulfone groups is 1. The Kier molecular flexibility index (Phi) is 14.2. The quantitative estimate of drug-likeness (QED) is 0.0850. The van der Waals surface area contributed by atoms with Crippen molar-refractivity contribution in [1.29, 1.82) is 0 Å². The lowest BCUT2D eigenvalue weighted by atomic mass is 9.97. The summed E-state index contributed by atoms with van der Waals surface area (Å²) < 4.78 is 84.2. The Labute approximate surface area is 373 Å². The summed E-state index contributed by atoms with van der Waals surface area (Å²) in [6, 6.07) is 27.3. The maximum Gasteiger partial charge on any atom is 0.407 e. The van der Waals surface area contributed by atoms with Crippen molar-refractivity contribution in [1.82, 2.24) is 29.8 Å². The largest absolute Gasteiger partial charge is 0.497 e. The van der Waals surface area contributed by atoms with E-state index in [2.05, 4.69) is 20.7 Å². The van der Waals surface area contributed by atoms with Gasteiger partial charge in [-0.05, 0) is 104 Å². The van der Waals surface area contributed by atoms with Crippen LogP contribution in [0.5, 0.6) is 17.2 Å². The van der Waals surface area contributed by atoms with Gasteiger partial charge in [0.15, 0.2) is 9.84 Å². The van der Waals surface area contributed by atoms with Crippen molar-refractivity contribution >= 4 is 37.3 Å². The second-order valence-corrected chi connectivity index (χ2v) is 19.8. The van der Waals surface area contributed by atoms with Gasteiger partial charge in [0.05, 0.1) is 55.5 Å². The molecule has 5 N–H and O–H groups in total. The molecule has 0 aliphatic heterocycles. The number of nitrogen functional groups attached to an aromatic ring is 2. The van der Waals surface area contributed by atoms with Crippen molar-refractivity contribution in [3.8, 4) is 39.8 Å². The lowest BCUT2D eigenvalue weighted by Gasteiger charge is -2.27. The number of methoxy groups -OCH3 is 3. The Morgan fingerprint density at radius 1 is 0.750 bits per heavy atom. The summed E-state index contributed by atoms with van der Waals surface area (Å²) in [6.45, 7) is 6.18. The van der Waals surface area contributed by atoms with E-state index in [9.17, 15) is 13.2 Å². The van der Waals surface area contributed by atoms with Crippen LogP contribution in [0.15, 0.2) is 113 Å². The van der Waals surface area contributed by atoms with Crippen LogP contribution >= 0.6 is 0 Å². The van der Waals surface area contributed by atoms with Gasteiger partial charge < -0.3 is 35.7 Å². The third-order valence-electron chi connectivity index (χ3n) is 9.91. The molecule has 0 fully saturated rings. The highest BCUT2D eigenvalue weighted by atomic mass is 32.2. The summed E-state index contributed by atoms with van der Waals surface area (Å²) in [5.41, 5.74) is 14.5. The van der Waals surface area contributed by atoms with Gasteiger partial charge in [-0.15, -0.1) is 10.2 Å². The molecular weight excluding hydrogens is 861 g/mol. The number of anilines is 2. The number of nitrogens with one attached hydrogen (secondary N) is 1. The number of ether oxygens (including phenoxy) is 4. The first kappa shape index (κ1) is 46.8. The van der Waals surface area contributed by atoms with Crippen molar-refractivity contribution in [2.75, 3.05) is 38.5 Å². The normalized spacial score (nSPS) is 12.4. The average molecular weight is 913 g/mol. The Morgan fingerprint density at radius 2 is 1.28 bits per heavy atom. The number of carbonyl (C=O) groups is 1. The molecule has 0 saturated carbocycles. The van der Waals surface area contributed by atoms with E-state index in [0.717, 1.165) is 5.56 Å². The van der Waals surface area contributed by atoms with Crippen molar-refractivity contribution in [2.45, 2.75) is 68.8 Å². The van der Waals surface area contributed by atoms with E-state index in [1.54, 1.807) is 107 Å². The van der Waals surface area contributed by atoms with Crippen molar-refractivity contribution in [3.63, 3.8) is 0 Å². The molecule has 0 bridgehead atoms. The molecule has 338 valence electrons. The Bertz CT molecular complexity index is 2760. The zero-order valence-electron chi connectivity index (χ0n) is 36.6. The van der Waals surface area contributed by atoms with Gasteiger partial charge in [-0.3, -0.25) is 0 Å². The molecule has 1 atom stereocenters. The van der Waals surface area contributed by atoms with Gasteiger partial charge in [-0.25, -0.2) is 21.6 Å². The molecule has 19 heteroatoms. The van der Waals surface area contributed by atoms with Crippen LogP contribution in [0.3, 0.4) is 0 Å². The summed E-state index contributed by atoms with van der Waals surface area (Å²) in [5, 5.41) is 15.9. The van der Waals surface area contributed by atoms with Crippen molar-refractivity contribution in [2.24, 2.45) is 0 Å². The fraction of sp³-hybridized carbons (Fsp3) is 0.289. The van der Waals surface area contributed by atoms with Crippen LogP contribution in [0.4, 0.5) is 16.2 Å². The minimum Gasteiger partial charge on any atom is -0.497 e. The monoisotopic (exact) mass is 912 g/mol. The van der Waals surface area contributed by atoms with Crippen LogP contribution in [0.25, 0.3) is 22.5 Å². The van der Waals surface area contributed by atoms with E-state index in [1.165, 1.54) is 42.4 Å². The molecule has 1 aromatic heterocycles. The Balaban J connectivity index is 1.62. The maximum atomic E-state index is 15.9. The molecule has 0 aliphatic rings. The van der Waals surface area contributed by atoms with Crippen LogP contribution in [-0.2, 0) is 44.2 Å². The molecule has 0 aliphatic carbocycles. The highest BCUT2D eigenvalue weighted by molar-refractivity contribution is 7.93. The highest BCUT2D eigenvalue weighted by Crippen LogP contribution is 2.44. The lowest BCUT2D eigenvalue weighted by molar-refractivity contribution is 0.0513. The average Bonchev–Trinajstić information content (AvgIpc) is 3.71. The number of tetrazole rings is 1. The number of amides is 1. The number of aromatic nitrogens is 4. The second-order valence-electron chi connectivity index (χ2n) is 15.9. The van der Waals surface area contributed by atoms with Gasteiger partial charge in [-0.2, -0.15) is 9.10 Å². The molecule has 0 radical (unpaired) electrons. The molecule has 1 amide bonds. The molecule has 0 unspecified atom stereocenters. The fourth-order valence-electron chi connectivity index (χ4n) is 6.83. The number of nitrogens with two attached hydrogens (primary N) is 2. The van der Waals surface area contributed by atoms with E-state index < -0.39 is 53.1 Å². The predicted molar refractivity (Wildman–Crippen MR) is 243 cm³/mol. The van der Waals surface area contributed by atoms with Gasteiger partial charge in [0.25, 0.3) is 0 Å². The third kappa shape index (κ3) is 11.1. The first-order valence-electron chi connectivity index (χ1n) is 20.0. The minimum absolute atomic E-state index is 0.108. The van der Waals surface area contributed by atoms with Crippen LogP contribution in [0.1, 0.15) is 44.4 Å². The first-order valence-corrected chi connectivity index (χ1v) is 23.1. The summed E-state index contributed by atoms with van der Waals surface area (Å²) >= 11 is 0. The zero-order chi connectivity index (χ0) is 46.4. The summed E-state index contributed by atoms with van der Waals surface area (Å²) in [4.78, 5) is 12.9. The second kappa shape index (κ2) is 19.4. The van der Waals surface area contributed by atoms with E-state index in [-0.39, 0.29) is 48.0 Å². The number of hydrogen-bond acceptors (Lipinski definition) is 14. The Morgan fingerprint density at radius 3 is 1.80 bits per heavy atom. The summed E-state index contributed by atoms with van der Waals surface area (Å²) in [5.74, 6) is 0.804. The number of alkyl carbamates (subject to hydrolysis) is 1. The summed E-state index contributed by atoms with van der Waals surface area (Å²) in [7, 11) is -4.96. The standard InChI is InChI=1S/C45H52N8O9S2/c1-29(48-44(54)62-45(2,3)4)28-63(55,56)39-24-23-36(37-9-8-10-38(46)41(37)47)40(43-49-51-53(50-43)27-32-15-21-35(61-7)22-16-32)42(39)64(57,58)52(25-30-11-17-33(59-5)18-12-30)26-31-13-19-34(60-6)20-14-31/h8-24,29H,25-28,46-47H2,1-7H3,(H,48,54)/t29-/m0/s1.